The second-order valence-corrected chi connectivity index (χ2v) is 7.15. The Morgan fingerprint density at radius 1 is 1.17 bits per heavy atom. The van der Waals surface area contributed by atoms with E-state index in [2.05, 4.69) is 10.3 Å². The number of aliphatic imine (C=N–C) groups is 1. The lowest BCUT2D eigenvalue weighted by molar-refractivity contribution is -0.307. The first-order chi connectivity index (χ1) is 13.9. The van der Waals surface area contributed by atoms with E-state index in [0.717, 1.165) is 11.3 Å². The van der Waals surface area contributed by atoms with Crippen LogP contribution in [0.25, 0.3) is 6.08 Å². The van der Waals surface area contributed by atoms with Gasteiger partial charge < -0.3 is 24.7 Å². The van der Waals surface area contributed by atoms with Crippen molar-refractivity contribution in [3.63, 3.8) is 0 Å². The van der Waals surface area contributed by atoms with Gasteiger partial charge in [-0.1, -0.05) is 23.8 Å². The Balaban J connectivity index is 1.79. The van der Waals surface area contributed by atoms with Crippen molar-refractivity contribution in [1.82, 2.24) is 5.32 Å². The van der Waals surface area contributed by atoms with Crippen LogP contribution >= 0.6 is 11.8 Å². The molecule has 0 aromatic heterocycles. The van der Waals surface area contributed by atoms with Gasteiger partial charge in [-0.15, -0.1) is 0 Å². The fourth-order valence-corrected chi connectivity index (χ4v) is 3.35. The molecule has 1 heterocycles. The fourth-order valence-electron chi connectivity index (χ4n) is 2.51. The van der Waals surface area contributed by atoms with E-state index in [1.807, 2.05) is 38.1 Å². The van der Waals surface area contributed by atoms with Gasteiger partial charge in [-0.3, -0.25) is 4.79 Å². The number of carboxylic acids is 1. The molecule has 1 fully saturated rings. The average molecular weight is 411 g/mol. The zero-order valence-electron chi connectivity index (χ0n) is 15.9. The molecule has 0 atom stereocenters. The molecule has 2 aromatic carbocycles. The van der Waals surface area contributed by atoms with Crippen molar-refractivity contribution in [2.24, 2.45) is 4.99 Å². The monoisotopic (exact) mass is 411 g/mol. The largest absolute Gasteiger partial charge is 0.546 e. The molecule has 2 aromatic rings. The summed E-state index contributed by atoms with van der Waals surface area (Å²) in [6.45, 7) is 3.61. The molecule has 1 saturated heterocycles. The van der Waals surface area contributed by atoms with Crippen molar-refractivity contribution >= 4 is 40.6 Å². The number of rotatable bonds is 7. The molecule has 1 aliphatic rings. The first kappa shape index (κ1) is 20.5. The van der Waals surface area contributed by atoms with Crippen LogP contribution in [-0.4, -0.2) is 30.3 Å². The van der Waals surface area contributed by atoms with Crippen molar-refractivity contribution < 1.29 is 24.2 Å². The van der Waals surface area contributed by atoms with Crippen LogP contribution in [0.2, 0.25) is 0 Å². The Kier molecular flexibility index (Phi) is 6.56. The summed E-state index contributed by atoms with van der Waals surface area (Å²) in [6.07, 6.45) is 1.71. The first-order valence-corrected chi connectivity index (χ1v) is 9.72. The number of benzene rings is 2. The molecule has 29 heavy (non-hydrogen) atoms. The minimum Gasteiger partial charge on any atom is -0.546 e. The van der Waals surface area contributed by atoms with Gasteiger partial charge >= 0.3 is 0 Å². The molecule has 0 spiro atoms. The van der Waals surface area contributed by atoms with Crippen LogP contribution in [0.15, 0.2) is 52.4 Å². The number of nitrogens with one attached hydrogen (secondary N) is 1. The molecule has 7 nitrogen and oxygen atoms in total. The summed E-state index contributed by atoms with van der Waals surface area (Å²) in [4.78, 5) is 27.8. The molecule has 8 heteroatoms. The molecule has 0 aliphatic carbocycles. The maximum absolute atomic E-state index is 12.3. The highest BCUT2D eigenvalue weighted by Gasteiger charge is 2.24. The van der Waals surface area contributed by atoms with Crippen molar-refractivity contribution in [2.75, 3.05) is 13.2 Å². The van der Waals surface area contributed by atoms with Crippen LogP contribution < -0.4 is 19.9 Å². The summed E-state index contributed by atoms with van der Waals surface area (Å²) in [5.74, 6) is -0.877. The van der Waals surface area contributed by atoms with E-state index in [9.17, 15) is 14.7 Å². The van der Waals surface area contributed by atoms with Gasteiger partial charge in [0.2, 0.25) is 0 Å². The lowest BCUT2D eigenvalue weighted by Crippen LogP contribution is -2.29. The Morgan fingerprint density at radius 3 is 2.62 bits per heavy atom. The third-order valence-electron chi connectivity index (χ3n) is 3.83. The number of hydrogen-bond acceptors (Lipinski definition) is 7. The molecule has 3 rings (SSSR count). The van der Waals surface area contributed by atoms with Gasteiger partial charge in [0.25, 0.3) is 5.91 Å². The Labute approximate surface area is 172 Å². The maximum Gasteiger partial charge on any atom is 0.264 e. The number of aliphatic carboxylic acids is 1. The number of amidine groups is 1. The lowest BCUT2D eigenvalue weighted by atomic mass is 10.2. The lowest BCUT2D eigenvalue weighted by Gasteiger charge is -2.13. The number of thioether (sulfide) groups is 1. The van der Waals surface area contributed by atoms with Crippen LogP contribution in [0.3, 0.4) is 0 Å². The van der Waals surface area contributed by atoms with E-state index in [4.69, 9.17) is 9.47 Å². The standard InChI is InChI=1S/C21H20N2O5S/c1-3-27-17-10-14(6-9-16(17)28-12-19(24)25)11-18-20(26)23-21(29-18)22-15-7-4-13(2)5-8-15/h4-11H,3,12H2,1-2H3,(H,24,25)(H,22,23,26)/p-1/b18-11+. The normalized spacial score (nSPS) is 16.1. The van der Waals surface area contributed by atoms with Gasteiger partial charge in [0.1, 0.15) is 6.61 Å². The Hall–Kier alpha value is -3.26. The molecule has 1 aliphatic heterocycles. The third-order valence-corrected chi connectivity index (χ3v) is 4.74. The number of amides is 1. The van der Waals surface area contributed by atoms with E-state index in [0.29, 0.717) is 33.7 Å². The SMILES string of the molecule is CCOc1cc(/C=C2/SC(=Nc3ccc(C)cc3)NC2=O)ccc1OCC(=O)[O-]. The van der Waals surface area contributed by atoms with Crippen molar-refractivity contribution in [1.29, 1.82) is 0 Å². The minimum absolute atomic E-state index is 0.240. The second kappa shape index (κ2) is 9.29. The predicted octanol–water partition coefficient (Wildman–Crippen LogP) is 2.41. The number of hydrogen-bond donors (Lipinski definition) is 1. The number of carboxylic acid groups (broad SMARTS) is 1. The number of carbonyl (C=O) groups excluding carboxylic acids is 2. The topological polar surface area (TPSA) is 100 Å². The fraction of sp³-hybridized carbons (Fsp3) is 0.190. The summed E-state index contributed by atoms with van der Waals surface area (Å²) in [5, 5.41) is 13.9. The Morgan fingerprint density at radius 2 is 1.93 bits per heavy atom. The molecular weight excluding hydrogens is 392 g/mol. The van der Waals surface area contributed by atoms with E-state index >= 15 is 0 Å². The van der Waals surface area contributed by atoms with Gasteiger partial charge in [0, 0.05) is 0 Å². The molecule has 1 N–H and O–H groups in total. The summed E-state index contributed by atoms with van der Waals surface area (Å²) < 4.78 is 10.7. The highest BCUT2D eigenvalue weighted by Crippen LogP contribution is 2.32. The van der Waals surface area contributed by atoms with E-state index in [1.54, 1.807) is 24.3 Å². The maximum atomic E-state index is 12.3. The molecule has 0 saturated carbocycles. The molecular formula is C21H19N2O5S-. The average Bonchev–Trinajstić information content (AvgIpc) is 3.02. The smallest absolute Gasteiger partial charge is 0.264 e. The zero-order chi connectivity index (χ0) is 20.8. The molecule has 0 radical (unpaired) electrons. The minimum atomic E-state index is -1.32. The molecule has 1 amide bonds. The summed E-state index contributed by atoms with van der Waals surface area (Å²) >= 11 is 1.24. The molecule has 0 bridgehead atoms. The highest BCUT2D eigenvalue weighted by molar-refractivity contribution is 8.18. The summed E-state index contributed by atoms with van der Waals surface area (Å²) in [5.41, 5.74) is 2.60. The van der Waals surface area contributed by atoms with Crippen LogP contribution in [-0.2, 0) is 9.59 Å². The second-order valence-electron chi connectivity index (χ2n) is 6.12. The van der Waals surface area contributed by atoms with Crippen molar-refractivity contribution in [3.05, 3.63) is 58.5 Å². The van der Waals surface area contributed by atoms with E-state index < -0.39 is 12.6 Å². The van der Waals surface area contributed by atoms with Crippen molar-refractivity contribution in [2.45, 2.75) is 13.8 Å². The highest BCUT2D eigenvalue weighted by atomic mass is 32.2. The number of aryl methyl sites for hydroxylation is 1. The third kappa shape index (κ3) is 5.61. The van der Waals surface area contributed by atoms with Gasteiger partial charge in [0.05, 0.1) is 23.2 Å². The van der Waals surface area contributed by atoms with Crippen molar-refractivity contribution in [3.8, 4) is 11.5 Å². The quantitative estimate of drug-likeness (QED) is 0.703. The van der Waals surface area contributed by atoms with Gasteiger partial charge in [-0.05, 0) is 61.5 Å². The molecule has 150 valence electrons. The Bertz CT molecular complexity index is 983. The first-order valence-electron chi connectivity index (χ1n) is 8.90. The predicted molar refractivity (Wildman–Crippen MR) is 110 cm³/mol. The zero-order valence-corrected chi connectivity index (χ0v) is 16.7. The van der Waals surface area contributed by atoms with E-state index in [-0.39, 0.29) is 5.91 Å². The van der Waals surface area contributed by atoms with Gasteiger partial charge in [-0.2, -0.15) is 0 Å². The van der Waals surface area contributed by atoms with Crippen LogP contribution in [0.1, 0.15) is 18.1 Å². The number of carbonyl (C=O) groups is 2. The van der Waals surface area contributed by atoms with Crippen LogP contribution in [0.4, 0.5) is 5.69 Å². The van der Waals surface area contributed by atoms with E-state index in [1.165, 1.54) is 11.8 Å². The molecule has 0 unspecified atom stereocenters. The van der Waals surface area contributed by atoms with Gasteiger partial charge in [-0.25, -0.2) is 4.99 Å². The van der Waals surface area contributed by atoms with Crippen LogP contribution in [0, 0.1) is 6.92 Å². The number of ether oxygens (including phenoxy) is 2. The summed E-state index contributed by atoms with van der Waals surface area (Å²) in [7, 11) is 0. The summed E-state index contributed by atoms with van der Waals surface area (Å²) in [6, 6.07) is 12.7. The van der Waals surface area contributed by atoms with Gasteiger partial charge in [0.15, 0.2) is 16.7 Å². The number of nitrogens with zero attached hydrogens (tertiary/aromatic N) is 1. The van der Waals surface area contributed by atoms with Crippen LogP contribution in [0.5, 0.6) is 11.5 Å².